The van der Waals surface area contributed by atoms with Gasteiger partial charge in [0.05, 0.1) is 0 Å². The fourth-order valence-corrected chi connectivity index (χ4v) is 37.8. The van der Waals surface area contributed by atoms with Gasteiger partial charge >= 0.3 is 70.6 Å². The second-order valence-electron chi connectivity index (χ2n) is 5.33. The summed E-state index contributed by atoms with van der Waals surface area (Å²) in [5, 5.41) is 6.75. The van der Waals surface area contributed by atoms with Crippen LogP contribution in [0.5, 0.6) is 0 Å². The summed E-state index contributed by atoms with van der Waals surface area (Å²) < 4.78 is 0. The maximum atomic E-state index is 2.61. The zero-order valence-corrected chi connectivity index (χ0v) is 12.0. The van der Waals surface area contributed by atoms with E-state index < -0.39 is 26.5 Å². The first-order chi connectivity index (χ1) is 4.41. The average molecular weight is 261 g/mol. The van der Waals surface area contributed by atoms with Gasteiger partial charge < -0.3 is 0 Å². The molecule has 0 saturated carbocycles. The molecule has 60 valence electrons. The Bertz CT molecular complexity index is 99.2. The molecule has 0 spiro atoms. The minimum atomic E-state index is -1.09. The standard InChI is InChI=1S/C8H20Ge2/c1-9(2)5-7-10(3,4)8-6-9/h5-8H2,1-4H3. The number of hydrogen-bond acceptors (Lipinski definition) is 0. The van der Waals surface area contributed by atoms with Crippen molar-refractivity contribution in [2.75, 3.05) is 0 Å². The molecular formula is C8H20Ge2. The van der Waals surface area contributed by atoms with Crippen molar-refractivity contribution in [3.8, 4) is 0 Å². The van der Waals surface area contributed by atoms with E-state index in [4.69, 9.17) is 0 Å². The first kappa shape index (κ1) is 9.18. The van der Waals surface area contributed by atoms with Gasteiger partial charge in [-0.15, -0.1) is 0 Å². The molecule has 0 unspecified atom stereocenters. The predicted molar refractivity (Wildman–Crippen MR) is 54.2 cm³/mol. The molecule has 0 aromatic carbocycles. The first-order valence-corrected chi connectivity index (χ1v) is 18.7. The molecule has 0 amide bonds. The van der Waals surface area contributed by atoms with E-state index in [0.717, 1.165) is 0 Å². The topological polar surface area (TPSA) is 0 Å². The molecule has 0 atom stereocenters. The normalized spacial score (nSPS) is 30.0. The van der Waals surface area contributed by atoms with E-state index in [-0.39, 0.29) is 0 Å². The second-order valence-corrected chi connectivity index (χ2v) is 27.7. The van der Waals surface area contributed by atoms with Crippen LogP contribution in [0, 0.1) is 0 Å². The summed E-state index contributed by atoms with van der Waals surface area (Å²) in [6.07, 6.45) is 0. The van der Waals surface area contributed by atoms with Gasteiger partial charge in [0.25, 0.3) is 0 Å². The van der Waals surface area contributed by atoms with Gasteiger partial charge in [-0.1, -0.05) is 0 Å². The molecule has 0 bridgehead atoms. The third kappa shape index (κ3) is 2.61. The molecule has 0 radical (unpaired) electrons. The van der Waals surface area contributed by atoms with Crippen molar-refractivity contribution in [3.63, 3.8) is 0 Å². The van der Waals surface area contributed by atoms with Crippen LogP contribution in [0.3, 0.4) is 0 Å². The van der Waals surface area contributed by atoms with Crippen LogP contribution < -0.4 is 0 Å². The van der Waals surface area contributed by atoms with Gasteiger partial charge in [0.1, 0.15) is 0 Å². The van der Waals surface area contributed by atoms with E-state index in [2.05, 4.69) is 23.0 Å². The zero-order valence-electron chi connectivity index (χ0n) is 7.83. The van der Waals surface area contributed by atoms with E-state index in [0.29, 0.717) is 0 Å². The van der Waals surface area contributed by atoms with Crippen LogP contribution in [0.25, 0.3) is 0 Å². The third-order valence-electron chi connectivity index (χ3n) is 2.96. The molecule has 0 aromatic heterocycles. The van der Waals surface area contributed by atoms with E-state index >= 15 is 0 Å². The van der Waals surface area contributed by atoms with Crippen molar-refractivity contribution in [3.05, 3.63) is 0 Å². The average Bonchev–Trinajstić information content (AvgIpc) is 1.79. The van der Waals surface area contributed by atoms with Crippen molar-refractivity contribution in [2.45, 2.75) is 44.0 Å². The van der Waals surface area contributed by atoms with Gasteiger partial charge in [0.15, 0.2) is 0 Å². The molecule has 0 aliphatic carbocycles. The van der Waals surface area contributed by atoms with Gasteiger partial charge in [-0.2, -0.15) is 0 Å². The van der Waals surface area contributed by atoms with E-state index in [1.807, 2.05) is 0 Å². The van der Waals surface area contributed by atoms with Crippen molar-refractivity contribution in [1.82, 2.24) is 0 Å². The predicted octanol–water partition coefficient (Wildman–Crippen LogP) is 3.42. The van der Waals surface area contributed by atoms with Gasteiger partial charge in [0, 0.05) is 0 Å². The summed E-state index contributed by atoms with van der Waals surface area (Å²) in [5.41, 5.74) is 0. The van der Waals surface area contributed by atoms with Crippen molar-refractivity contribution < 1.29 is 0 Å². The Morgan fingerprint density at radius 3 is 1.00 bits per heavy atom. The van der Waals surface area contributed by atoms with Crippen LogP contribution in [-0.4, -0.2) is 26.5 Å². The van der Waals surface area contributed by atoms with E-state index in [1.54, 1.807) is 21.0 Å². The Balaban J connectivity index is 2.46. The molecule has 1 heterocycles. The van der Waals surface area contributed by atoms with Gasteiger partial charge in [-0.05, 0) is 0 Å². The quantitative estimate of drug-likeness (QED) is 0.586. The Morgan fingerprint density at radius 2 is 0.800 bits per heavy atom. The number of rotatable bonds is 0. The van der Waals surface area contributed by atoms with Crippen molar-refractivity contribution >= 4 is 26.5 Å². The second kappa shape index (κ2) is 2.85. The summed E-state index contributed by atoms with van der Waals surface area (Å²) in [5.74, 6) is 10.4. The SMILES string of the molecule is [CH3][Ge]1([CH3])[CH2][CH2][Ge]([CH3])([CH3])[CH2][CH2]1. The third-order valence-corrected chi connectivity index (χ3v) is 20.8. The van der Waals surface area contributed by atoms with Crippen LogP contribution in [0.1, 0.15) is 0 Å². The molecule has 2 heteroatoms. The van der Waals surface area contributed by atoms with Crippen LogP contribution >= 0.6 is 0 Å². The molecule has 0 aromatic rings. The molecule has 1 aliphatic heterocycles. The first-order valence-electron chi connectivity index (χ1n) is 4.41. The molecule has 1 fully saturated rings. The molecule has 0 N–H and O–H groups in total. The van der Waals surface area contributed by atoms with Gasteiger partial charge in [-0.3, -0.25) is 0 Å². The van der Waals surface area contributed by atoms with Crippen LogP contribution in [0.4, 0.5) is 0 Å². The summed E-state index contributed by atoms with van der Waals surface area (Å²) in [4.78, 5) is 0. The Kier molecular flexibility index (Phi) is 2.62. The molecule has 1 rings (SSSR count). The van der Waals surface area contributed by atoms with Crippen LogP contribution in [-0.2, 0) is 0 Å². The zero-order chi connectivity index (χ0) is 7.83. The van der Waals surface area contributed by atoms with Gasteiger partial charge in [-0.25, -0.2) is 0 Å². The number of hydrogen-bond donors (Lipinski definition) is 0. The summed E-state index contributed by atoms with van der Waals surface area (Å²) >= 11 is -2.18. The van der Waals surface area contributed by atoms with Crippen molar-refractivity contribution in [1.29, 1.82) is 0 Å². The monoisotopic (exact) mass is 264 g/mol. The van der Waals surface area contributed by atoms with E-state index in [9.17, 15) is 0 Å². The summed E-state index contributed by atoms with van der Waals surface area (Å²) in [6, 6.07) is 0. The fourth-order valence-electron chi connectivity index (χ4n) is 1.60. The van der Waals surface area contributed by atoms with Crippen LogP contribution in [0.15, 0.2) is 0 Å². The van der Waals surface area contributed by atoms with Crippen LogP contribution in [0.2, 0.25) is 44.0 Å². The summed E-state index contributed by atoms with van der Waals surface area (Å²) in [6.45, 7) is 0. The summed E-state index contributed by atoms with van der Waals surface area (Å²) in [7, 11) is 0. The van der Waals surface area contributed by atoms with Gasteiger partial charge in [0.2, 0.25) is 0 Å². The Hall–Kier alpha value is 1.09. The van der Waals surface area contributed by atoms with Crippen molar-refractivity contribution in [2.24, 2.45) is 0 Å². The molecule has 1 saturated heterocycles. The fraction of sp³-hybridized carbons (Fsp3) is 1.00. The van der Waals surface area contributed by atoms with E-state index in [1.165, 1.54) is 0 Å². The molecular weight excluding hydrogens is 241 g/mol. The molecule has 10 heavy (non-hydrogen) atoms. The Morgan fingerprint density at radius 1 is 0.600 bits per heavy atom. The minimum absolute atomic E-state index is 1.09. The Labute approximate surface area is 70.5 Å². The molecule has 0 nitrogen and oxygen atoms in total. The molecule has 1 aliphatic rings. The maximum absolute atomic E-state index is 2.61.